The highest BCUT2D eigenvalue weighted by Gasteiger charge is 2.29. The summed E-state index contributed by atoms with van der Waals surface area (Å²) in [5.74, 6) is 0.460. The van der Waals surface area contributed by atoms with Crippen LogP contribution in [0.25, 0.3) is 5.95 Å². The molecule has 0 radical (unpaired) electrons. The summed E-state index contributed by atoms with van der Waals surface area (Å²) in [6.07, 6.45) is 14.0. The summed E-state index contributed by atoms with van der Waals surface area (Å²) in [6.45, 7) is 1.51. The Morgan fingerprint density at radius 3 is 2.96 bits per heavy atom. The van der Waals surface area contributed by atoms with Crippen molar-refractivity contribution in [1.29, 1.82) is 0 Å². The smallest absolute Gasteiger partial charge is 0.322 e. The first-order valence-corrected chi connectivity index (χ1v) is 8.15. The monoisotopic (exact) mass is 338 g/mol. The predicted octanol–water partition coefficient (Wildman–Crippen LogP) is 1.56. The van der Waals surface area contributed by atoms with Gasteiger partial charge in [-0.15, -0.1) is 0 Å². The van der Waals surface area contributed by atoms with E-state index in [0.29, 0.717) is 11.6 Å². The van der Waals surface area contributed by atoms with E-state index >= 15 is 0 Å². The second-order valence-electron chi connectivity index (χ2n) is 5.90. The molecule has 1 aliphatic rings. The van der Waals surface area contributed by atoms with Gasteiger partial charge in [-0.05, 0) is 18.9 Å². The molecule has 3 aromatic rings. The highest BCUT2D eigenvalue weighted by atomic mass is 16.2. The predicted molar refractivity (Wildman–Crippen MR) is 90.1 cm³/mol. The van der Waals surface area contributed by atoms with Crippen molar-refractivity contribution in [1.82, 2.24) is 34.2 Å². The summed E-state index contributed by atoms with van der Waals surface area (Å²) in [7, 11) is 0. The van der Waals surface area contributed by atoms with Crippen molar-refractivity contribution in [3.05, 3.63) is 49.6 Å². The number of imidazole rings is 1. The number of rotatable bonds is 4. The largest absolute Gasteiger partial charge is 0.335 e. The van der Waals surface area contributed by atoms with Crippen molar-refractivity contribution in [2.24, 2.45) is 0 Å². The molecule has 9 nitrogen and oxygen atoms in total. The first kappa shape index (κ1) is 15.3. The maximum atomic E-state index is 12.6. The van der Waals surface area contributed by atoms with Crippen LogP contribution in [-0.4, -0.2) is 52.8 Å². The standard InChI is InChI=1S/C16H18N8O/c25-16(23-7-1-3-14(23)11-22-8-6-17-12-22)21-13-9-20-24(10-13)15-18-4-2-5-19-15/h2,4-6,8-10,12,14H,1,3,7,11H2,(H,21,25)/t14-/m1/s1. The van der Waals surface area contributed by atoms with E-state index in [9.17, 15) is 4.79 Å². The summed E-state index contributed by atoms with van der Waals surface area (Å²) in [6, 6.07) is 1.79. The number of nitrogens with zero attached hydrogens (tertiary/aromatic N) is 7. The first-order valence-electron chi connectivity index (χ1n) is 8.15. The van der Waals surface area contributed by atoms with E-state index in [0.717, 1.165) is 25.9 Å². The Kier molecular flexibility index (Phi) is 4.11. The molecule has 0 spiro atoms. The number of hydrogen-bond donors (Lipinski definition) is 1. The third kappa shape index (κ3) is 3.35. The molecule has 25 heavy (non-hydrogen) atoms. The van der Waals surface area contributed by atoms with Crippen LogP contribution in [0.1, 0.15) is 12.8 Å². The van der Waals surface area contributed by atoms with Gasteiger partial charge in [0.15, 0.2) is 0 Å². The van der Waals surface area contributed by atoms with Crippen molar-refractivity contribution < 1.29 is 4.79 Å². The SMILES string of the molecule is O=C(Nc1cnn(-c2ncccn2)c1)N1CCC[C@@H]1Cn1ccnc1. The molecule has 0 bridgehead atoms. The van der Waals surface area contributed by atoms with Crippen LogP contribution < -0.4 is 5.32 Å². The van der Waals surface area contributed by atoms with E-state index in [1.165, 1.54) is 4.68 Å². The number of likely N-dealkylation sites (tertiary alicyclic amines) is 1. The molecule has 1 atom stereocenters. The Morgan fingerprint density at radius 2 is 2.16 bits per heavy atom. The molecule has 0 aliphatic carbocycles. The summed E-state index contributed by atoms with van der Waals surface area (Å²) in [5.41, 5.74) is 0.616. The van der Waals surface area contributed by atoms with Crippen molar-refractivity contribution in [2.45, 2.75) is 25.4 Å². The molecule has 0 saturated carbocycles. The number of carbonyl (C=O) groups is 1. The van der Waals surface area contributed by atoms with Gasteiger partial charge in [0, 0.05) is 37.9 Å². The van der Waals surface area contributed by atoms with Crippen molar-refractivity contribution >= 4 is 11.7 Å². The average molecular weight is 338 g/mol. The van der Waals surface area contributed by atoms with E-state index < -0.39 is 0 Å². The highest BCUT2D eigenvalue weighted by molar-refractivity contribution is 5.89. The number of amides is 2. The fourth-order valence-corrected chi connectivity index (χ4v) is 3.03. The van der Waals surface area contributed by atoms with Gasteiger partial charge in [0.2, 0.25) is 5.95 Å². The molecule has 1 N–H and O–H groups in total. The van der Waals surface area contributed by atoms with Gasteiger partial charge in [0.05, 0.1) is 30.5 Å². The molecule has 128 valence electrons. The van der Waals surface area contributed by atoms with Gasteiger partial charge in [0.25, 0.3) is 0 Å². The number of aromatic nitrogens is 6. The summed E-state index contributed by atoms with van der Waals surface area (Å²) in [5, 5.41) is 7.10. The highest BCUT2D eigenvalue weighted by Crippen LogP contribution is 2.20. The number of carbonyl (C=O) groups excluding carboxylic acids is 1. The topological polar surface area (TPSA) is 93.8 Å². The molecule has 3 aromatic heterocycles. The van der Waals surface area contributed by atoms with E-state index in [1.54, 1.807) is 43.4 Å². The van der Waals surface area contributed by atoms with Gasteiger partial charge in [0.1, 0.15) is 0 Å². The van der Waals surface area contributed by atoms with Crippen molar-refractivity contribution in [3.63, 3.8) is 0 Å². The lowest BCUT2D eigenvalue weighted by Crippen LogP contribution is -2.40. The van der Waals surface area contributed by atoms with E-state index in [-0.39, 0.29) is 12.1 Å². The van der Waals surface area contributed by atoms with E-state index in [1.807, 2.05) is 15.7 Å². The second-order valence-corrected chi connectivity index (χ2v) is 5.90. The van der Waals surface area contributed by atoms with Gasteiger partial charge in [-0.3, -0.25) is 0 Å². The number of nitrogens with one attached hydrogen (secondary N) is 1. The average Bonchev–Trinajstić information content (AvgIpc) is 3.38. The van der Waals surface area contributed by atoms with Gasteiger partial charge in [-0.2, -0.15) is 5.10 Å². The molecule has 2 amide bonds. The quantitative estimate of drug-likeness (QED) is 0.779. The van der Waals surface area contributed by atoms with Crippen LogP contribution in [0.5, 0.6) is 0 Å². The molecule has 9 heteroatoms. The van der Waals surface area contributed by atoms with Crippen LogP contribution in [0.3, 0.4) is 0 Å². The minimum absolute atomic E-state index is 0.115. The van der Waals surface area contributed by atoms with Gasteiger partial charge < -0.3 is 14.8 Å². The number of anilines is 1. The molecule has 0 unspecified atom stereocenters. The van der Waals surface area contributed by atoms with E-state index in [4.69, 9.17) is 0 Å². The summed E-state index contributed by atoms with van der Waals surface area (Å²) in [4.78, 5) is 26.8. The number of hydrogen-bond acceptors (Lipinski definition) is 5. The van der Waals surface area contributed by atoms with Crippen LogP contribution in [0.4, 0.5) is 10.5 Å². The second kappa shape index (κ2) is 6.71. The maximum absolute atomic E-state index is 12.6. The zero-order valence-corrected chi connectivity index (χ0v) is 13.6. The lowest BCUT2D eigenvalue weighted by atomic mass is 10.2. The van der Waals surface area contributed by atoms with Crippen molar-refractivity contribution in [2.75, 3.05) is 11.9 Å². The molecule has 1 aliphatic heterocycles. The molecule has 4 heterocycles. The maximum Gasteiger partial charge on any atom is 0.322 e. The Morgan fingerprint density at radius 1 is 1.28 bits per heavy atom. The minimum atomic E-state index is -0.115. The van der Waals surface area contributed by atoms with Crippen molar-refractivity contribution in [3.8, 4) is 5.95 Å². The molecule has 0 aromatic carbocycles. The normalized spacial score (nSPS) is 17.0. The Bertz CT molecular complexity index is 829. The van der Waals surface area contributed by atoms with Crippen LogP contribution in [-0.2, 0) is 6.54 Å². The Labute approximate surface area is 144 Å². The Hall–Kier alpha value is -3.23. The van der Waals surface area contributed by atoms with Gasteiger partial charge in [-0.1, -0.05) is 0 Å². The van der Waals surface area contributed by atoms with Gasteiger partial charge in [-0.25, -0.2) is 24.4 Å². The Balaban J connectivity index is 1.42. The summed E-state index contributed by atoms with van der Waals surface area (Å²) >= 11 is 0. The fourth-order valence-electron chi connectivity index (χ4n) is 3.03. The van der Waals surface area contributed by atoms with Crippen LogP contribution in [0.15, 0.2) is 49.6 Å². The lowest BCUT2D eigenvalue weighted by Gasteiger charge is -2.24. The number of urea groups is 1. The third-order valence-electron chi connectivity index (χ3n) is 4.21. The van der Waals surface area contributed by atoms with Crippen LogP contribution >= 0.6 is 0 Å². The molecule has 1 fully saturated rings. The third-order valence-corrected chi connectivity index (χ3v) is 4.21. The fraction of sp³-hybridized carbons (Fsp3) is 0.312. The molecular weight excluding hydrogens is 320 g/mol. The summed E-state index contributed by atoms with van der Waals surface area (Å²) < 4.78 is 3.53. The molecule has 1 saturated heterocycles. The zero-order valence-electron chi connectivity index (χ0n) is 13.6. The van der Waals surface area contributed by atoms with Crippen LogP contribution in [0, 0.1) is 0 Å². The van der Waals surface area contributed by atoms with Crippen LogP contribution in [0.2, 0.25) is 0 Å². The molecular formula is C16H18N8O. The first-order chi connectivity index (χ1) is 12.3. The van der Waals surface area contributed by atoms with Gasteiger partial charge >= 0.3 is 6.03 Å². The minimum Gasteiger partial charge on any atom is -0.335 e. The lowest BCUT2D eigenvalue weighted by molar-refractivity contribution is 0.201. The molecule has 4 rings (SSSR count). The van der Waals surface area contributed by atoms with E-state index in [2.05, 4.69) is 25.4 Å². The zero-order chi connectivity index (χ0) is 17.1.